The van der Waals surface area contributed by atoms with Gasteiger partial charge in [-0.05, 0) is 41.1 Å². The van der Waals surface area contributed by atoms with Crippen LogP contribution >= 0.6 is 0 Å². The minimum absolute atomic E-state index is 0.918. The van der Waals surface area contributed by atoms with Crippen LogP contribution in [0.3, 0.4) is 0 Å². The van der Waals surface area contributed by atoms with Gasteiger partial charge >= 0.3 is 0 Å². The van der Waals surface area contributed by atoms with Crippen molar-refractivity contribution < 1.29 is 0 Å². The Morgan fingerprint density at radius 3 is 2.90 bits per heavy atom. The van der Waals surface area contributed by atoms with Crippen molar-refractivity contribution in [3.05, 3.63) is 48.5 Å². The van der Waals surface area contributed by atoms with E-state index >= 15 is 0 Å². The van der Waals surface area contributed by atoms with Gasteiger partial charge in [0.15, 0.2) is 0 Å². The number of hydrogen-bond acceptors (Lipinski definition) is 0. The van der Waals surface area contributed by atoms with Crippen molar-refractivity contribution in [2.45, 2.75) is 0 Å². The zero-order chi connectivity index (χ0) is 6.81. The Morgan fingerprint density at radius 1 is 1.10 bits per heavy atom. The summed E-state index contributed by atoms with van der Waals surface area (Å²) in [6.07, 6.45) is 0. The van der Waals surface area contributed by atoms with Crippen LogP contribution in [0.5, 0.6) is 0 Å². The van der Waals surface area contributed by atoms with Crippen molar-refractivity contribution in [1.82, 2.24) is 0 Å². The van der Waals surface area contributed by atoms with Crippen molar-refractivity contribution in [2.75, 3.05) is 0 Å². The third-order valence-corrected chi connectivity index (χ3v) is 1.30. The minimum Gasteiger partial charge on any atom is -0.0610 e. The van der Waals surface area contributed by atoms with Crippen molar-refractivity contribution in [3.8, 4) is 0 Å². The van der Waals surface area contributed by atoms with E-state index in [0.717, 1.165) is 10.8 Å². The van der Waals surface area contributed by atoms with Crippen molar-refractivity contribution in [3.63, 3.8) is 0 Å². The van der Waals surface area contributed by atoms with Gasteiger partial charge in [-0.2, -0.15) is 0 Å². The molecule has 0 N–H and O–H groups in total. The topological polar surface area (TPSA) is 0 Å². The smallest absolute Gasteiger partial charge is 0.00000114 e. The van der Waals surface area contributed by atoms with E-state index in [1.54, 1.807) is 0 Å². The Hall–Kier alpha value is -1.30. The van der Waals surface area contributed by atoms with Gasteiger partial charge in [-0.25, -0.2) is 0 Å². The highest BCUT2D eigenvalue weighted by atomic mass is 13.9. The van der Waals surface area contributed by atoms with Crippen LogP contribution in [-0.4, -0.2) is 0 Å². The number of rotatable bonds is 0. The first-order valence-corrected chi connectivity index (χ1v) is 2.99. The highest BCUT2D eigenvalue weighted by molar-refractivity contribution is 5.79. The molecular formula is C10H3. The van der Waals surface area contributed by atoms with Crippen molar-refractivity contribution >= 4 is 10.8 Å². The molecule has 0 saturated heterocycles. The summed E-state index contributed by atoms with van der Waals surface area (Å²) in [5.41, 5.74) is 0. The molecule has 0 aliphatic rings. The second-order valence-corrected chi connectivity index (χ2v) is 1.96. The molecule has 0 nitrogen and oxygen atoms in total. The summed E-state index contributed by atoms with van der Waals surface area (Å²) in [6, 6.07) is 19.9. The molecule has 0 fully saturated rings. The maximum Gasteiger partial charge on any atom is -0.00000114 e. The summed E-state index contributed by atoms with van der Waals surface area (Å²) in [5.74, 6) is 0. The van der Waals surface area contributed by atoms with Gasteiger partial charge in [0.1, 0.15) is 0 Å². The maximum atomic E-state index is 3.01. The SMILES string of the molecule is [c]1[c][c]c2ccc[c]c2[c]1. The first kappa shape index (κ1) is 5.48. The molecule has 0 aliphatic heterocycles. The lowest BCUT2D eigenvalue weighted by Crippen LogP contribution is -1.70. The van der Waals surface area contributed by atoms with Crippen molar-refractivity contribution in [2.24, 2.45) is 0 Å². The molecule has 2 rings (SSSR count). The Labute approximate surface area is 60.1 Å². The second kappa shape index (κ2) is 2.14. The van der Waals surface area contributed by atoms with E-state index in [0.29, 0.717) is 0 Å². The lowest BCUT2D eigenvalue weighted by atomic mass is 10.1. The van der Waals surface area contributed by atoms with E-state index in [9.17, 15) is 0 Å². The van der Waals surface area contributed by atoms with Crippen LogP contribution in [0.2, 0.25) is 0 Å². The maximum absolute atomic E-state index is 3.01. The Kier molecular flexibility index (Phi) is 1.17. The van der Waals surface area contributed by atoms with Crippen LogP contribution in [0.15, 0.2) is 18.2 Å². The summed E-state index contributed by atoms with van der Waals surface area (Å²) < 4.78 is 0. The lowest BCUT2D eigenvalue weighted by molar-refractivity contribution is 1.69. The van der Waals surface area contributed by atoms with Gasteiger partial charge in [-0.15, -0.1) is 0 Å². The number of fused-ring (bicyclic) bond motifs is 1. The predicted octanol–water partition coefficient (Wildman–Crippen LogP) is 1.84. The summed E-state index contributed by atoms with van der Waals surface area (Å²) in [7, 11) is 0. The van der Waals surface area contributed by atoms with Gasteiger partial charge in [0.25, 0.3) is 0 Å². The van der Waals surface area contributed by atoms with Crippen LogP contribution in [0.25, 0.3) is 10.8 Å². The molecule has 0 spiro atoms. The fraction of sp³-hybridized carbons (Fsp3) is 0. The largest absolute Gasteiger partial charge is 0.0610 e. The average molecular weight is 123 g/mol. The van der Waals surface area contributed by atoms with Gasteiger partial charge in [-0.3, -0.25) is 0 Å². The van der Waals surface area contributed by atoms with E-state index in [1.807, 2.05) is 18.2 Å². The molecule has 43 valence electrons. The standard InChI is InChI=1S/C10H3/c1-2-6-10-8-4-3-7-9(10)5-1/h1-2,5H. The highest BCUT2D eigenvalue weighted by Crippen LogP contribution is 2.08. The van der Waals surface area contributed by atoms with Crippen LogP contribution in [0, 0.1) is 30.3 Å². The molecule has 0 heteroatoms. The van der Waals surface area contributed by atoms with Gasteiger partial charge in [0.2, 0.25) is 0 Å². The normalized spacial score (nSPS) is 10.0. The number of hydrogen-bond donors (Lipinski definition) is 0. The lowest BCUT2D eigenvalue weighted by Gasteiger charge is -1.89. The van der Waals surface area contributed by atoms with Crippen LogP contribution < -0.4 is 0 Å². The Morgan fingerprint density at radius 2 is 2.00 bits per heavy atom. The molecule has 0 bridgehead atoms. The molecule has 0 unspecified atom stereocenters. The van der Waals surface area contributed by atoms with E-state index in [4.69, 9.17) is 0 Å². The fourth-order valence-electron chi connectivity index (χ4n) is 0.837. The molecule has 0 amide bonds. The van der Waals surface area contributed by atoms with E-state index < -0.39 is 0 Å². The van der Waals surface area contributed by atoms with Gasteiger partial charge < -0.3 is 0 Å². The molecule has 0 heterocycles. The molecule has 0 atom stereocenters. The average Bonchev–Trinajstić information content (AvgIpc) is 2.05. The summed E-state index contributed by atoms with van der Waals surface area (Å²) in [4.78, 5) is 0. The summed E-state index contributed by atoms with van der Waals surface area (Å²) in [6.45, 7) is 0. The van der Waals surface area contributed by atoms with E-state index in [1.165, 1.54) is 0 Å². The minimum atomic E-state index is 0.918. The monoisotopic (exact) mass is 123 g/mol. The number of benzene rings is 2. The zero-order valence-corrected chi connectivity index (χ0v) is 5.23. The molecule has 0 aromatic heterocycles. The molecular weight excluding hydrogens is 120 g/mol. The summed E-state index contributed by atoms with van der Waals surface area (Å²) >= 11 is 0. The molecule has 5 radical (unpaired) electrons. The third kappa shape index (κ3) is 0.781. The van der Waals surface area contributed by atoms with Crippen LogP contribution in [0.4, 0.5) is 0 Å². The Bertz CT molecular complexity index is 271. The third-order valence-electron chi connectivity index (χ3n) is 1.30. The Balaban J connectivity index is 2.89. The van der Waals surface area contributed by atoms with Gasteiger partial charge in [-0.1, -0.05) is 18.2 Å². The van der Waals surface area contributed by atoms with E-state index in [-0.39, 0.29) is 0 Å². The fourth-order valence-corrected chi connectivity index (χ4v) is 0.837. The first-order valence-electron chi connectivity index (χ1n) is 2.99. The van der Waals surface area contributed by atoms with E-state index in [2.05, 4.69) is 30.3 Å². The summed E-state index contributed by atoms with van der Waals surface area (Å²) in [5, 5.41) is 1.91. The van der Waals surface area contributed by atoms with Crippen molar-refractivity contribution in [1.29, 1.82) is 0 Å². The van der Waals surface area contributed by atoms with Gasteiger partial charge in [0, 0.05) is 0 Å². The zero-order valence-electron chi connectivity index (χ0n) is 5.23. The molecule has 0 aliphatic carbocycles. The predicted molar refractivity (Wildman–Crippen MR) is 38.1 cm³/mol. The molecule has 2 aromatic rings. The quantitative estimate of drug-likeness (QED) is 0.501. The molecule has 2 aromatic carbocycles. The second-order valence-electron chi connectivity index (χ2n) is 1.96. The molecule has 10 heavy (non-hydrogen) atoms. The van der Waals surface area contributed by atoms with Gasteiger partial charge in [0.05, 0.1) is 0 Å². The first-order chi connectivity index (χ1) is 4.97. The highest BCUT2D eigenvalue weighted by Gasteiger charge is 1.87. The van der Waals surface area contributed by atoms with Crippen LogP contribution in [-0.2, 0) is 0 Å². The van der Waals surface area contributed by atoms with Crippen LogP contribution in [0.1, 0.15) is 0 Å². The molecule has 0 saturated carbocycles.